The molecule has 2 aromatic rings. The lowest BCUT2D eigenvalue weighted by Crippen LogP contribution is -2.52. The molecule has 0 aliphatic carbocycles. The summed E-state index contributed by atoms with van der Waals surface area (Å²) in [6.07, 6.45) is 0. The van der Waals surface area contributed by atoms with Gasteiger partial charge in [0.05, 0.1) is 5.75 Å². The molecule has 5 nitrogen and oxygen atoms in total. The van der Waals surface area contributed by atoms with E-state index in [1.165, 1.54) is 4.31 Å². The van der Waals surface area contributed by atoms with Gasteiger partial charge in [0.2, 0.25) is 15.9 Å². The topological polar surface area (TPSA) is 66.5 Å². The van der Waals surface area contributed by atoms with Gasteiger partial charge in [-0.15, -0.1) is 0 Å². The first-order valence-electron chi connectivity index (χ1n) is 7.64. The van der Waals surface area contributed by atoms with E-state index in [9.17, 15) is 13.2 Å². The maximum atomic E-state index is 12.9. The lowest BCUT2D eigenvalue weighted by Gasteiger charge is -2.34. The molecular weight excluding hydrogens is 383 g/mol. The normalized spacial score (nSPS) is 18.8. The zero-order chi connectivity index (χ0) is 18.0. The molecule has 0 aromatic heterocycles. The smallest absolute Gasteiger partial charge is 0.243 e. The highest BCUT2D eigenvalue weighted by molar-refractivity contribution is 7.88. The van der Waals surface area contributed by atoms with E-state index in [4.69, 9.17) is 23.2 Å². The second kappa shape index (κ2) is 7.33. The average Bonchev–Trinajstić information content (AvgIpc) is 2.56. The van der Waals surface area contributed by atoms with Gasteiger partial charge in [0.1, 0.15) is 6.04 Å². The third kappa shape index (κ3) is 4.15. The molecule has 1 aliphatic heterocycles. The van der Waals surface area contributed by atoms with Crippen molar-refractivity contribution >= 4 is 39.1 Å². The average molecular weight is 399 g/mol. The Kier molecular flexibility index (Phi) is 5.34. The zero-order valence-corrected chi connectivity index (χ0v) is 15.5. The standard InChI is InChI=1S/C17H16Cl2N2O3S/c18-14-6-4-12(5-7-14)11-25(23,24)21-9-8-20-17(22)16(21)13-2-1-3-15(19)10-13/h1-7,10,16H,8-9,11H2,(H,20,22). The molecule has 0 saturated carbocycles. The Labute approximate surface area is 156 Å². The summed E-state index contributed by atoms with van der Waals surface area (Å²) in [7, 11) is -3.71. The number of carbonyl (C=O) groups excluding carboxylic acids is 1. The third-order valence-corrected chi connectivity index (χ3v) is 6.24. The molecule has 1 atom stereocenters. The molecule has 0 radical (unpaired) electrons. The van der Waals surface area contributed by atoms with Crippen LogP contribution in [0.3, 0.4) is 0 Å². The highest BCUT2D eigenvalue weighted by Crippen LogP contribution is 2.29. The summed E-state index contributed by atoms with van der Waals surface area (Å²) in [6.45, 7) is 0.481. The lowest BCUT2D eigenvalue weighted by molar-refractivity contribution is -0.126. The fourth-order valence-corrected chi connectivity index (χ4v) is 4.83. The van der Waals surface area contributed by atoms with Crippen LogP contribution >= 0.6 is 23.2 Å². The molecule has 1 heterocycles. The van der Waals surface area contributed by atoms with Crippen LogP contribution in [0, 0.1) is 0 Å². The number of amides is 1. The van der Waals surface area contributed by atoms with E-state index in [0.717, 1.165) is 0 Å². The number of carbonyl (C=O) groups is 1. The van der Waals surface area contributed by atoms with Gasteiger partial charge in [-0.2, -0.15) is 4.31 Å². The Morgan fingerprint density at radius 2 is 1.80 bits per heavy atom. The second-order valence-corrected chi connectivity index (χ2v) is 8.54. The van der Waals surface area contributed by atoms with Crippen molar-refractivity contribution in [3.8, 4) is 0 Å². The molecule has 25 heavy (non-hydrogen) atoms. The van der Waals surface area contributed by atoms with Gasteiger partial charge < -0.3 is 5.32 Å². The third-order valence-electron chi connectivity index (χ3n) is 3.95. The summed E-state index contributed by atoms with van der Waals surface area (Å²) < 4.78 is 27.1. The molecule has 1 amide bonds. The Morgan fingerprint density at radius 1 is 1.08 bits per heavy atom. The van der Waals surface area contributed by atoms with Gasteiger partial charge in [0.25, 0.3) is 0 Å². The van der Waals surface area contributed by atoms with Gasteiger partial charge in [-0.05, 0) is 35.4 Å². The van der Waals surface area contributed by atoms with Crippen molar-refractivity contribution in [2.45, 2.75) is 11.8 Å². The predicted molar refractivity (Wildman–Crippen MR) is 98.0 cm³/mol. The number of piperazine rings is 1. The zero-order valence-electron chi connectivity index (χ0n) is 13.2. The molecule has 1 fully saturated rings. The Balaban J connectivity index is 1.94. The first-order chi connectivity index (χ1) is 11.9. The first-order valence-corrected chi connectivity index (χ1v) is 10.0. The summed E-state index contributed by atoms with van der Waals surface area (Å²) in [4.78, 5) is 12.4. The van der Waals surface area contributed by atoms with Crippen LogP contribution in [0.1, 0.15) is 17.2 Å². The number of halogens is 2. The quantitative estimate of drug-likeness (QED) is 0.860. The van der Waals surface area contributed by atoms with E-state index < -0.39 is 16.1 Å². The maximum absolute atomic E-state index is 12.9. The van der Waals surface area contributed by atoms with Crippen LogP contribution in [-0.2, 0) is 20.6 Å². The van der Waals surface area contributed by atoms with Crippen molar-refractivity contribution < 1.29 is 13.2 Å². The maximum Gasteiger partial charge on any atom is 0.243 e. The van der Waals surface area contributed by atoms with Crippen LogP contribution in [0.4, 0.5) is 0 Å². The molecule has 3 rings (SSSR count). The second-order valence-electron chi connectivity index (χ2n) is 5.74. The van der Waals surface area contributed by atoms with E-state index in [-0.39, 0.29) is 24.7 Å². The minimum Gasteiger partial charge on any atom is -0.353 e. The van der Waals surface area contributed by atoms with Crippen LogP contribution in [0.25, 0.3) is 0 Å². The summed E-state index contributed by atoms with van der Waals surface area (Å²) in [5.74, 6) is -0.553. The largest absolute Gasteiger partial charge is 0.353 e. The van der Waals surface area contributed by atoms with Crippen LogP contribution < -0.4 is 5.32 Å². The van der Waals surface area contributed by atoms with Crippen molar-refractivity contribution in [1.29, 1.82) is 0 Å². The summed E-state index contributed by atoms with van der Waals surface area (Å²) >= 11 is 11.8. The number of hydrogen-bond acceptors (Lipinski definition) is 3. The van der Waals surface area contributed by atoms with Gasteiger partial charge in [0.15, 0.2) is 0 Å². The SMILES string of the molecule is O=C1NCCN(S(=O)(=O)Cc2ccc(Cl)cc2)C1c1cccc(Cl)c1. The van der Waals surface area contributed by atoms with Gasteiger partial charge in [-0.1, -0.05) is 47.5 Å². The monoisotopic (exact) mass is 398 g/mol. The van der Waals surface area contributed by atoms with Gasteiger partial charge >= 0.3 is 0 Å². The van der Waals surface area contributed by atoms with Crippen molar-refractivity contribution in [3.05, 3.63) is 69.7 Å². The number of benzene rings is 2. The Hall–Kier alpha value is -1.60. The number of rotatable bonds is 4. The minimum atomic E-state index is -3.71. The van der Waals surface area contributed by atoms with E-state index >= 15 is 0 Å². The van der Waals surface area contributed by atoms with Crippen molar-refractivity contribution in [2.24, 2.45) is 0 Å². The lowest BCUT2D eigenvalue weighted by atomic mass is 10.0. The van der Waals surface area contributed by atoms with Crippen molar-refractivity contribution in [2.75, 3.05) is 13.1 Å². The molecule has 1 aliphatic rings. The number of hydrogen-bond donors (Lipinski definition) is 1. The fraction of sp³-hybridized carbons (Fsp3) is 0.235. The molecule has 2 aromatic carbocycles. The summed E-state index contributed by atoms with van der Waals surface area (Å²) in [5.41, 5.74) is 1.16. The number of nitrogens with one attached hydrogen (secondary N) is 1. The van der Waals surface area contributed by atoms with Crippen LogP contribution in [0.2, 0.25) is 10.0 Å². The van der Waals surface area contributed by atoms with E-state index in [1.807, 2.05) is 0 Å². The van der Waals surface area contributed by atoms with Gasteiger partial charge in [-0.3, -0.25) is 4.79 Å². The molecule has 1 saturated heterocycles. The number of sulfonamides is 1. The van der Waals surface area contributed by atoms with Crippen molar-refractivity contribution in [1.82, 2.24) is 9.62 Å². The molecule has 1 unspecified atom stereocenters. The highest BCUT2D eigenvalue weighted by Gasteiger charge is 2.38. The summed E-state index contributed by atoms with van der Waals surface area (Å²) in [6, 6.07) is 12.4. The van der Waals surface area contributed by atoms with Gasteiger partial charge in [0, 0.05) is 23.1 Å². The van der Waals surface area contributed by atoms with Crippen LogP contribution in [0.15, 0.2) is 48.5 Å². The van der Waals surface area contributed by atoms with Crippen LogP contribution in [-0.4, -0.2) is 31.7 Å². The Morgan fingerprint density at radius 3 is 2.48 bits per heavy atom. The van der Waals surface area contributed by atoms with Crippen molar-refractivity contribution in [3.63, 3.8) is 0 Å². The molecule has 0 spiro atoms. The molecule has 1 N–H and O–H groups in total. The number of nitrogens with zero attached hydrogens (tertiary/aromatic N) is 1. The molecular formula is C17H16Cl2N2O3S. The van der Waals surface area contributed by atoms with E-state index in [0.29, 0.717) is 21.2 Å². The van der Waals surface area contributed by atoms with E-state index in [2.05, 4.69) is 5.32 Å². The predicted octanol–water partition coefficient (Wildman–Crippen LogP) is 3.00. The Bertz CT molecular complexity index is 885. The first kappa shape index (κ1) is 18.2. The summed E-state index contributed by atoms with van der Waals surface area (Å²) in [5, 5.41) is 3.71. The fourth-order valence-electron chi connectivity index (χ4n) is 2.81. The van der Waals surface area contributed by atoms with E-state index in [1.54, 1.807) is 48.5 Å². The van der Waals surface area contributed by atoms with Crippen LogP contribution in [0.5, 0.6) is 0 Å². The highest BCUT2D eigenvalue weighted by atomic mass is 35.5. The molecule has 0 bridgehead atoms. The molecule has 8 heteroatoms. The minimum absolute atomic E-state index is 0.200. The molecule has 132 valence electrons. The van der Waals surface area contributed by atoms with Gasteiger partial charge in [-0.25, -0.2) is 8.42 Å².